The van der Waals surface area contributed by atoms with Gasteiger partial charge in [0, 0.05) is 18.3 Å². The van der Waals surface area contributed by atoms with Crippen LogP contribution in [0.4, 0.5) is 0 Å². The summed E-state index contributed by atoms with van der Waals surface area (Å²) in [7, 11) is 3.14. The molecule has 106 valence electrons. The largest absolute Gasteiger partial charge is 0.493 e. The van der Waals surface area contributed by atoms with Crippen molar-refractivity contribution in [3.05, 3.63) is 42.0 Å². The monoisotopic (exact) mass is 294 g/mol. The minimum atomic E-state index is 0.230. The van der Waals surface area contributed by atoms with Crippen molar-refractivity contribution in [3.63, 3.8) is 0 Å². The van der Waals surface area contributed by atoms with Crippen LogP contribution in [0.25, 0.3) is 0 Å². The number of nitrogens with zero attached hydrogens (tertiary/aromatic N) is 2. The number of methoxy groups -OCH3 is 2. The summed E-state index contributed by atoms with van der Waals surface area (Å²) in [5.74, 6) is 2.59. The Labute approximate surface area is 122 Å². The first kappa shape index (κ1) is 14.4. The topological polar surface area (TPSA) is 53.5 Å². The Kier molecular flexibility index (Phi) is 5.01. The van der Waals surface area contributed by atoms with Gasteiger partial charge in [-0.1, -0.05) is 0 Å². The first-order valence-electron chi connectivity index (χ1n) is 5.98. The van der Waals surface area contributed by atoms with Crippen molar-refractivity contribution in [2.45, 2.75) is 12.5 Å². The molecule has 0 fully saturated rings. The molecule has 6 heteroatoms. The minimum absolute atomic E-state index is 0.230. The standard InChI is InChI=1S/C14H15ClN2O3/c1-18-11-6-10(8-15)7-12(19-2)14(11)20-9-13-16-4-3-5-17-13/h3-7H,8-9H2,1-2H3. The summed E-state index contributed by atoms with van der Waals surface area (Å²) >= 11 is 5.84. The van der Waals surface area contributed by atoms with Crippen LogP contribution in [0.5, 0.6) is 17.2 Å². The van der Waals surface area contributed by atoms with Crippen LogP contribution in [0.1, 0.15) is 11.4 Å². The molecule has 0 spiro atoms. The van der Waals surface area contributed by atoms with Crippen LogP contribution >= 0.6 is 11.6 Å². The van der Waals surface area contributed by atoms with Crippen LogP contribution in [0.15, 0.2) is 30.6 Å². The van der Waals surface area contributed by atoms with Crippen LogP contribution in [0, 0.1) is 0 Å². The highest BCUT2D eigenvalue weighted by Gasteiger charge is 2.14. The molecular weight excluding hydrogens is 280 g/mol. The van der Waals surface area contributed by atoms with E-state index in [2.05, 4.69) is 9.97 Å². The third-order valence-corrected chi connectivity index (χ3v) is 2.95. The predicted octanol–water partition coefficient (Wildman–Crippen LogP) is 2.81. The van der Waals surface area contributed by atoms with Gasteiger partial charge in [0.15, 0.2) is 17.3 Å². The van der Waals surface area contributed by atoms with Crippen molar-refractivity contribution >= 4 is 11.6 Å². The fourth-order valence-electron chi connectivity index (χ4n) is 1.69. The zero-order valence-electron chi connectivity index (χ0n) is 11.3. The molecular formula is C14H15ClN2O3. The fourth-order valence-corrected chi connectivity index (χ4v) is 1.85. The second kappa shape index (κ2) is 6.96. The average molecular weight is 295 g/mol. The molecule has 1 aromatic heterocycles. The minimum Gasteiger partial charge on any atom is -0.493 e. The van der Waals surface area contributed by atoms with E-state index >= 15 is 0 Å². The van der Waals surface area contributed by atoms with Gasteiger partial charge in [-0.25, -0.2) is 9.97 Å². The third kappa shape index (κ3) is 3.30. The molecule has 0 aliphatic carbocycles. The molecule has 0 N–H and O–H groups in total. The molecule has 2 aromatic rings. The first-order valence-corrected chi connectivity index (χ1v) is 6.51. The molecule has 1 aromatic carbocycles. The molecule has 0 saturated carbocycles. The molecule has 0 unspecified atom stereocenters. The summed E-state index contributed by atoms with van der Waals surface area (Å²) in [4.78, 5) is 8.20. The molecule has 0 atom stereocenters. The molecule has 5 nitrogen and oxygen atoms in total. The Morgan fingerprint density at radius 3 is 2.15 bits per heavy atom. The lowest BCUT2D eigenvalue weighted by Crippen LogP contribution is -2.03. The predicted molar refractivity (Wildman–Crippen MR) is 75.5 cm³/mol. The summed E-state index contributed by atoms with van der Waals surface area (Å²) in [5.41, 5.74) is 0.892. The number of hydrogen-bond donors (Lipinski definition) is 0. The maximum atomic E-state index is 5.84. The summed E-state index contributed by atoms with van der Waals surface area (Å²) in [5, 5.41) is 0. The van der Waals surface area contributed by atoms with Gasteiger partial charge in [0.05, 0.1) is 14.2 Å². The summed E-state index contributed by atoms with van der Waals surface area (Å²) in [6.45, 7) is 0.230. The van der Waals surface area contributed by atoms with E-state index in [0.29, 0.717) is 29.0 Å². The van der Waals surface area contributed by atoms with Gasteiger partial charge in [-0.05, 0) is 23.8 Å². The molecule has 2 rings (SSSR count). The molecule has 0 saturated heterocycles. The quantitative estimate of drug-likeness (QED) is 0.767. The highest BCUT2D eigenvalue weighted by Crippen LogP contribution is 2.39. The Morgan fingerprint density at radius 1 is 1.05 bits per heavy atom. The summed E-state index contributed by atoms with van der Waals surface area (Å²) < 4.78 is 16.3. The van der Waals surface area contributed by atoms with E-state index in [1.807, 2.05) is 12.1 Å². The van der Waals surface area contributed by atoms with Crippen LogP contribution in [0.3, 0.4) is 0 Å². The Bertz CT molecular complexity index is 539. The van der Waals surface area contributed by atoms with Crippen LogP contribution in [-0.4, -0.2) is 24.2 Å². The van der Waals surface area contributed by atoms with E-state index in [1.165, 1.54) is 0 Å². The van der Waals surface area contributed by atoms with Gasteiger partial charge in [-0.15, -0.1) is 11.6 Å². The second-order valence-electron chi connectivity index (χ2n) is 3.92. The average Bonchev–Trinajstić information content (AvgIpc) is 2.52. The Hall–Kier alpha value is -2.01. The summed E-state index contributed by atoms with van der Waals surface area (Å²) in [6.07, 6.45) is 3.33. The van der Waals surface area contributed by atoms with Crippen molar-refractivity contribution in [1.82, 2.24) is 9.97 Å². The third-order valence-electron chi connectivity index (χ3n) is 2.64. The SMILES string of the molecule is COc1cc(CCl)cc(OC)c1OCc1ncccn1. The number of benzene rings is 1. The molecule has 1 heterocycles. The second-order valence-corrected chi connectivity index (χ2v) is 4.18. The normalized spacial score (nSPS) is 10.2. The van der Waals surface area contributed by atoms with Gasteiger partial charge in [-0.3, -0.25) is 0 Å². The maximum Gasteiger partial charge on any atom is 0.204 e. The number of hydrogen-bond acceptors (Lipinski definition) is 5. The molecule has 0 aliphatic heterocycles. The first-order chi connectivity index (χ1) is 9.78. The maximum absolute atomic E-state index is 5.84. The fraction of sp³-hybridized carbons (Fsp3) is 0.286. The van der Waals surface area contributed by atoms with E-state index < -0.39 is 0 Å². The lowest BCUT2D eigenvalue weighted by atomic mass is 10.2. The van der Waals surface area contributed by atoms with Gasteiger partial charge in [0.1, 0.15) is 6.61 Å². The van der Waals surface area contributed by atoms with E-state index in [4.69, 9.17) is 25.8 Å². The zero-order chi connectivity index (χ0) is 14.4. The van der Waals surface area contributed by atoms with E-state index in [-0.39, 0.29) is 6.61 Å². The Balaban J connectivity index is 2.25. The van der Waals surface area contributed by atoms with Gasteiger partial charge in [0.2, 0.25) is 5.75 Å². The number of rotatable bonds is 6. The highest BCUT2D eigenvalue weighted by atomic mass is 35.5. The smallest absolute Gasteiger partial charge is 0.204 e. The van der Waals surface area contributed by atoms with Gasteiger partial charge < -0.3 is 14.2 Å². The number of aromatic nitrogens is 2. The Morgan fingerprint density at radius 2 is 1.65 bits per heavy atom. The van der Waals surface area contributed by atoms with Gasteiger partial charge >= 0.3 is 0 Å². The lowest BCUT2D eigenvalue weighted by Gasteiger charge is -2.15. The van der Waals surface area contributed by atoms with E-state index in [1.54, 1.807) is 32.7 Å². The van der Waals surface area contributed by atoms with Gasteiger partial charge in [-0.2, -0.15) is 0 Å². The van der Waals surface area contributed by atoms with Crippen molar-refractivity contribution in [2.24, 2.45) is 0 Å². The van der Waals surface area contributed by atoms with Crippen molar-refractivity contribution in [1.29, 1.82) is 0 Å². The number of ether oxygens (including phenoxy) is 3. The van der Waals surface area contributed by atoms with Crippen LogP contribution in [0.2, 0.25) is 0 Å². The van der Waals surface area contributed by atoms with E-state index in [0.717, 1.165) is 5.56 Å². The number of alkyl halides is 1. The van der Waals surface area contributed by atoms with Gasteiger partial charge in [0.25, 0.3) is 0 Å². The van der Waals surface area contributed by atoms with Crippen molar-refractivity contribution < 1.29 is 14.2 Å². The molecule has 0 aliphatic rings. The molecule has 0 bridgehead atoms. The molecule has 0 radical (unpaired) electrons. The van der Waals surface area contributed by atoms with Crippen molar-refractivity contribution in [3.8, 4) is 17.2 Å². The van der Waals surface area contributed by atoms with Crippen LogP contribution < -0.4 is 14.2 Å². The molecule has 20 heavy (non-hydrogen) atoms. The lowest BCUT2D eigenvalue weighted by molar-refractivity contribution is 0.259. The van der Waals surface area contributed by atoms with Crippen molar-refractivity contribution in [2.75, 3.05) is 14.2 Å². The van der Waals surface area contributed by atoms with E-state index in [9.17, 15) is 0 Å². The highest BCUT2D eigenvalue weighted by molar-refractivity contribution is 6.17. The summed E-state index contributed by atoms with van der Waals surface area (Å²) in [6, 6.07) is 5.38. The van der Waals surface area contributed by atoms with Crippen LogP contribution in [-0.2, 0) is 12.5 Å². The number of halogens is 1. The molecule has 0 amide bonds. The zero-order valence-corrected chi connectivity index (χ0v) is 12.1.